The standard InChI is InChI=1S/C10H16N2/c1-9(5-3-7-11-2)10-6-4-8-12-10/h3,5,7,10,12H,2,4,6,8H2,1H3/b7-3-,9-5+/t10-/m1/s1. The van der Waals surface area contributed by atoms with Crippen LogP contribution in [0.4, 0.5) is 0 Å². The zero-order valence-electron chi connectivity index (χ0n) is 7.59. The fraction of sp³-hybridized carbons (Fsp3) is 0.500. The van der Waals surface area contributed by atoms with Crippen LogP contribution in [0.1, 0.15) is 19.8 Å². The number of nitrogens with one attached hydrogen (secondary N) is 1. The van der Waals surface area contributed by atoms with E-state index in [9.17, 15) is 0 Å². The van der Waals surface area contributed by atoms with Gasteiger partial charge >= 0.3 is 0 Å². The van der Waals surface area contributed by atoms with Crippen LogP contribution in [0.25, 0.3) is 0 Å². The lowest BCUT2D eigenvalue weighted by Gasteiger charge is -2.08. The molecule has 1 aliphatic heterocycles. The van der Waals surface area contributed by atoms with E-state index in [1.807, 2.05) is 6.08 Å². The number of nitrogens with zero attached hydrogens (tertiary/aromatic N) is 1. The number of aliphatic imine (C=N–C) groups is 1. The quantitative estimate of drug-likeness (QED) is 0.500. The van der Waals surface area contributed by atoms with E-state index in [0.717, 1.165) is 6.54 Å². The Hall–Kier alpha value is -0.890. The second-order valence-corrected chi connectivity index (χ2v) is 3.08. The fourth-order valence-corrected chi connectivity index (χ4v) is 1.45. The van der Waals surface area contributed by atoms with Gasteiger partial charge in [0.2, 0.25) is 0 Å². The Morgan fingerprint density at radius 3 is 3.08 bits per heavy atom. The third-order valence-corrected chi connectivity index (χ3v) is 2.16. The number of hydrogen-bond acceptors (Lipinski definition) is 2. The third kappa shape index (κ3) is 2.62. The monoisotopic (exact) mass is 164 g/mol. The number of rotatable bonds is 3. The average molecular weight is 164 g/mol. The summed E-state index contributed by atoms with van der Waals surface area (Å²) in [5, 5.41) is 3.43. The van der Waals surface area contributed by atoms with E-state index < -0.39 is 0 Å². The lowest BCUT2D eigenvalue weighted by atomic mass is 10.1. The molecule has 0 unspecified atom stereocenters. The highest BCUT2D eigenvalue weighted by Gasteiger charge is 2.14. The molecule has 1 saturated heterocycles. The smallest absolute Gasteiger partial charge is 0.0280 e. The van der Waals surface area contributed by atoms with Crippen LogP contribution in [0.5, 0.6) is 0 Å². The molecule has 1 rings (SSSR count). The highest BCUT2D eigenvalue weighted by atomic mass is 14.9. The summed E-state index contributed by atoms with van der Waals surface area (Å²) in [6.45, 7) is 6.67. The van der Waals surface area contributed by atoms with Crippen molar-refractivity contribution in [1.82, 2.24) is 5.32 Å². The van der Waals surface area contributed by atoms with E-state index in [2.05, 4.69) is 30.0 Å². The zero-order chi connectivity index (χ0) is 8.81. The summed E-state index contributed by atoms with van der Waals surface area (Å²) >= 11 is 0. The van der Waals surface area contributed by atoms with Gasteiger partial charge < -0.3 is 5.32 Å². The molecule has 12 heavy (non-hydrogen) atoms. The molecule has 0 saturated carbocycles. The summed E-state index contributed by atoms with van der Waals surface area (Å²) in [6, 6.07) is 0.583. The first-order chi connectivity index (χ1) is 5.84. The molecule has 66 valence electrons. The number of hydrogen-bond donors (Lipinski definition) is 1. The van der Waals surface area contributed by atoms with Gasteiger partial charge in [0.05, 0.1) is 0 Å². The van der Waals surface area contributed by atoms with Crippen LogP contribution < -0.4 is 5.32 Å². The van der Waals surface area contributed by atoms with Crippen LogP contribution in [0, 0.1) is 0 Å². The van der Waals surface area contributed by atoms with E-state index in [1.165, 1.54) is 18.4 Å². The molecule has 1 atom stereocenters. The minimum atomic E-state index is 0.583. The molecule has 0 bridgehead atoms. The lowest BCUT2D eigenvalue weighted by Crippen LogP contribution is -2.22. The van der Waals surface area contributed by atoms with E-state index >= 15 is 0 Å². The second-order valence-electron chi connectivity index (χ2n) is 3.08. The van der Waals surface area contributed by atoms with Crippen molar-refractivity contribution >= 4 is 6.72 Å². The minimum Gasteiger partial charge on any atom is -0.310 e. The van der Waals surface area contributed by atoms with Crippen molar-refractivity contribution in [3.63, 3.8) is 0 Å². The van der Waals surface area contributed by atoms with Crippen LogP contribution in [-0.4, -0.2) is 19.3 Å². The van der Waals surface area contributed by atoms with Gasteiger partial charge in [-0.1, -0.05) is 11.6 Å². The second kappa shape index (κ2) is 4.88. The lowest BCUT2D eigenvalue weighted by molar-refractivity contribution is 0.689. The molecule has 0 aliphatic carbocycles. The molecule has 0 aromatic heterocycles. The topological polar surface area (TPSA) is 24.4 Å². The molecule has 0 amide bonds. The number of allylic oxidation sites excluding steroid dienone is 2. The van der Waals surface area contributed by atoms with Gasteiger partial charge in [0.15, 0.2) is 0 Å². The molecular formula is C10H16N2. The van der Waals surface area contributed by atoms with Crippen LogP contribution in [0.3, 0.4) is 0 Å². The summed E-state index contributed by atoms with van der Waals surface area (Å²) in [5.74, 6) is 0. The van der Waals surface area contributed by atoms with E-state index in [4.69, 9.17) is 0 Å². The Morgan fingerprint density at radius 1 is 1.67 bits per heavy atom. The SMILES string of the molecule is C=N/C=C\C=C(/C)[C@H]1CCCN1. The molecule has 2 nitrogen and oxygen atoms in total. The van der Waals surface area contributed by atoms with E-state index in [0.29, 0.717) is 6.04 Å². The third-order valence-electron chi connectivity index (χ3n) is 2.16. The van der Waals surface area contributed by atoms with Gasteiger partial charge in [0.1, 0.15) is 0 Å². The van der Waals surface area contributed by atoms with Crippen molar-refractivity contribution in [1.29, 1.82) is 0 Å². The Morgan fingerprint density at radius 2 is 2.50 bits per heavy atom. The summed E-state index contributed by atoms with van der Waals surface area (Å²) in [7, 11) is 0. The summed E-state index contributed by atoms with van der Waals surface area (Å²) < 4.78 is 0. The first kappa shape index (κ1) is 9.20. The Labute approximate surface area is 74.1 Å². The molecule has 1 heterocycles. The van der Waals surface area contributed by atoms with Crippen molar-refractivity contribution in [2.24, 2.45) is 4.99 Å². The first-order valence-corrected chi connectivity index (χ1v) is 4.37. The van der Waals surface area contributed by atoms with Crippen molar-refractivity contribution in [3.8, 4) is 0 Å². The van der Waals surface area contributed by atoms with Crippen LogP contribution >= 0.6 is 0 Å². The fourth-order valence-electron chi connectivity index (χ4n) is 1.45. The summed E-state index contributed by atoms with van der Waals surface area (Å²) in [6.07, 6.45) is 8.29. The molecule has 0 aromatic rings. The Kier molecular flexibility index (Phi) is 3.74. The maximum atomic E-state index is 3.64. The molecule has 1 N–H and O–H groups in total. The highest BCUT2D eigenvalue weighted by Crippen LogP contribution is 2.13. The molecule has 0 spiro atoms. The van der Waals surface area contributed by atoms with E-state index in [-0.39, 0.29) is 0 Å². The summed E-state index contributed by atoms with van der Waals surface area (Å²) in [4.78, 5) is 3.64. The molecule has 1 aliphatic rings. The highest BCUT2D eigenvalue weighted by molar-refractivity contribution is 5.26. The molecule has 1 fully saturated rings. The summed E-state index contributed by atoms with van der Waals surface area (Å²) in [5.41, 5.74) is 1.38. The Balaban J connectivity index is 2.44. The van der Waals surface area contributed by atoms with E-state index in [1.54, 1.807) is 6.20 Å². The molecule has 2 heteroatoms. The average Bonchev–Trinajstić information content (AvgIpc) is 2.56. The van der Waals surface area contributed by atoms with Gasteiger partial charge in [-0.25, -0.2) is 0 Å². The van der Waals surface area contributed by atoms with Gasteiger partial charge in [-0.15, -0.1) is 0 Å². The van der Waals surface area contributed by atoms with Crippen LogP contribution in [-0.2, 0) is 0 Å². The van der Waals surface area contributed by atoms with Gasteiger partial charge in [0, 0.05) is 12.2 Å². The Bertz CT molecular complexity index is 198. The normalized spacial score (nSPS) is 25.1. The van der Waals surface area contributed by atoms with Gasteiger partial charge in [-0.2, -0.15) is 0 Å². The van der Waals surface area contributed by atoms with Crippen molar-refractivity contribution in [2.45, 2.75) is 25.8 Å². The van der Waals surface area contributed by atoms with Gasteiger partial charge in [-0.3, -0.25) is 4.99 Å². The maximum absolute atomic E-state index is 3.64. The minimum absolute atomic E-state index is 0.583. The zero-order valence-corrected chi connectivity index (χ0v) is 7.59. The molecule has 0 aromatic carbocycles. The van der Waals surface area contributed by atoms with Gasteiger partial charge in [-0.05, 0) is 39.1 Å². The van der Waals surface area contributed by atoms with Crippen LogP contribution in [0.15, 0.2) is 28.9 Å². The van der Waals surface area contributed by atoms with Crippen LogP contribution in [0.2, 0.25) is 0 Å². The van der Waals surface area contributed by atoms with Crippen molar-refractivity contribution < 1.29 is 0 Å². The van der Waals surface area contributed by atoms with Crippen molar-refractivity contribution in [3.05, 3.63) is 23.9 Å². The maximum Gasteiger partial charge on any atom is 0.0280 e. The largest absolute Gasteiger partial charge is 0.310 e. The first-order valence-electron chi connectivity index (χ1n) is 4.37. The molecular weight excluding hydrogens is 148 g/mol. The van der Waals surface area contributed by atoms with Gasteiger partial charge in [0.25, 0.3) is 0 Å². The predicted molar refractivity (Wildman–Crippen MR) is 53.5 cm³/mol. The predicted octanol–water partition coefficient (Wildman–Crippen LogP) is 1.90. The molecule has 0 radical (unpaired) electrons. The van der Waals surface area contributed by atoms with Crippen molar-refractivity contribution in [2.75, 3.05) is 6.54 Å².